The van der Waals surface area contributed by atoms with Gasteiger partial charge in [0, 0.05) is 0 Å². The molecular weight excluding hydrogens is 156 g/mol. The summed E-state index contributed by atoms with van der Waals surface area (Å²) in [4.78, 5) is 12.7. The maximum atomic E-state index is 10.8. The van der Waals surface area contributed by atoms with Crippen LogP contribution in [-0.2, 0) is 4.79 Å². The first-order valence-electron chi connectivity index (χ1n) is 4.12. The van der Waals surface area contributed by atoms with Crippen LogP contribution in [0, 0.1) is 0 Å². The van der Waals surface area contributed by atoms with Crippen LogP contribution < -0.4 is 0 Å². The number of likely N-dealkylation sites (N-methyl/N-ethyl adjacent to an activating group) is 1. The molecule has 1 N–H and O–H groups in total. The van der Waals surface area contributed by atoms with E-state index in [0.29, 0.717) is 5.84 Å². The number of carboxylic acids is 1. The Morgan fingerprint density at radius 2 is 2.25 bits per heavy atom. The zero-order chi connectivity index (χ0) is 9.30. The summed E-state index contributed by atoms with van der Waals surface area (Å²) in [6, 6.07) is 0.265. The quantitative estimate of drug-likeness (QED) is 0.587. The molecule has 0 aromatic heterocycles. The SMILES string of the molecule is CC(C)N1CC[N+](C)=C1C(=O)O. The van der Waals surface area contributed by atoms with Gasteiger partial charge in [0.2, 0.25) is 0 Å². The van der Waals surface area contributed by atoms with Gasteiger partial charge in [0.1, 0.15) is 13.1 Å². The van der Waals surface area contributed by atoms with E-state index >= 15 is 0 Å². The Bertz CT molecular complexity index is 233. The Kier molecular flexibility index (Phi) is 2.35. The number of hydrogen-bond donors (Lipinski definition) is 1. The number of hydrogen-bond acceptors (Lipinski definition) is 2. The second-order valence-electron chi connectivity index (χ2n) is 3.34. The molecule has 0 unspecified atom stereocenters. The molecule has 0 aliphatic carbocycles. The van der Waals surface area contributed by atoms with Gasteiger partial charge in [-0.3, -0.25) is 4.58 Å². The molecule has 0 radical (unpaired) electrons. The minimum atomic E-state index is -0.830. The zero-order valence-electron chi connectivity index (χ0n) is 7.74. The average Bonchev–Trinajstić information content (AvgIpc) is 2.30. The molecule has 0 aromatic carbocycles. The van der Waals surface area contributed by atoms with Gasteiger partial charge < -0.3 is 5.11 Å². The van der Waals surface area contributed by atoms with E-state index in [4.69, 9.17) is 5.11 Å². The molecule has 0 bridgehead atoms. The van der Waals surface area contributed by atoms with Gasteiger partial charge in [0.15, 0.2) is 0 Å². The van der Waals surface area contributed by atoms with Crippen LogP contribution in [0.5, 0.6) is 0 Å². The highest BCUT2D eigenvalue weighted by Crippen LogP contribution is 2.05. The summed E-state index contributed by atoms with van der Waals surface area (Å²) in [6.07, 6.45) is 0. The molecule has 0 aromatic rings. The van der Waals surface area contributed by atoms with Crippen LogP contribution in [0.25, 0.3) is 0 Å². The topological polar surface area (TPSA) is 43.5 Å². The molecule has 1 aliphatic rings. The van der Waals surface area contributed by atoms with Crippen LogP contribution in [0.4, 0.5) is 0 Å². The summed E-state index contributed by atoms with van der Waals surface area (Å²) in [5, 5.41) is 8.88. The van der Waals surface area contributed by atoms with Crippen molar-refractivity contribution in [2.24, 2.45) is 0 Å². The van der Waals surface area contributed by atoms with Crippen molar-refractivity contribution in [1.29, 1.82) is 0 Å². The van der Waals surface area contributed by atoms with Crippen molar-refractivity contribution in [3.05, 3.63) is 0 Å². The number of carbonyl (C=O) groups is 1. The molecule has 1 heterocycles. The van der Waals surface area contributed by atoms with Crippen molar-refractivity contribution in [3.63, 3.8) is 0 Å². The Morgan fingerprint density at radius 3 is 2.58 bits per heavy atom. The third-order valence-electron chi connectivity index (χ3n) is 2.12. The van der Waals surface area contributed by atoms with Crippen LogP contribution in [0.1, 0.15) is 13.8 Å². The second kappa shape index (κ2) is 3.13. The van der Waals surface area contributed by atoms with Gasteiger partial charge in [-0.15, -0.1) is 0 Å². The molecule has 0 saturated heterocycles. The number of carboxylic acid groups (broad SMARTS) is 1. The molecule has 12 heavy (non-hydrogen) atoms. The molecule has 0 amide bonds. The Balaban J connectivity index is 2.89. The van der Waals surface area contributed by atoms with Crippen LogP contribution in [0.3, 0.4) is 0 Å². The van der Waals surface area contributed by atoms with E-state index in [0.717, 1.165) is 13.1 Å². The van der Waals surface area contributed by atoms with Crippen LogP contribution >= 0.6 is 0 Å². The molecule has 1 rings (SSSR count). The molecule has 1 aliphatic heterocycles. The van der Waals surface area contributed by atoms with Crippen molar-refractivity contribution < 1.29 is 14.5 Å². The highest BCUT2D eigenvalue weighted by atomic mass is 16.4. The molecular formula is C8H15N2O2+. The largest absolute Gasteiger partial charge is 0.472 e. The lowest BCUT2D eigenvalue weighted by Crippen LogP contribution is -2.40. The van der Waals surface area contributed by atoms with E-state index in [-0.39, 0.29) is 6.04 Å². The number of amidine groups is 1. The minimum absolute atomic E-state index is 0.265. The molecule has 0 atom stereocenters. The van der Waals surface area contributed by atoms with Crippen LogP contribution in [-0.4, -0.2) is 52.6 Å². The fourth-order valence-electron chi connectivity index (χ4n) is 1.48. The molecule has 68 valence electrons. The maximum Gasteiger partial charge on any atom is 0.418 e. The van der Waals surface area contributed by atoms with E-state index < -0.39 is 5.97 Å². The minimum Gasteiger partial charge on any atom is -0.472 e. The first-order chi connectivity index (χ1) is 5.54. The predicted octanol–water partition coefficient (Wildman–Crippen LogP) is -0.164. The monoisotopic (exact) mass is 171 g/mol. The lowest BCUT2D eigenvalue weighted by atomic mass is 10.3. The highest BCUT2D eigenvalue weighted by Gasteiger charge is 2.36. The van der Waals surface area contributed by atoms with Gasteiger partial charge in [0.05, 0.1) is 13.1 Å². The first kappa shape index (κ1) is 9.03. The molecule has 0 fully saturated rings. The van der Waals surface area contributed by atoms with Crippen molar-refractivity contribution in [2.45, 2.75) is 19.9 Å². The van der Waals surface area contributed by atoms with Gasteiger partial charge >= 0.3 is 11.8 Å². The Morgan fingerprint density at radius 1 is 1.67 bits per heavy atom. The van der Waals surface area contributed by atoms with Gasteiger partial charge in [-0.05, 0) is 13.8 Å². The summed E-state index contributed by atoms with van der Waals surface area (Å²) in [6.45, 7) is 5.62. The van der Waals surface area contributed by atoms with Gasteiger partial charge in [0.25, 0.3) is 0 Å². The highest BCUT2D eigenvalue weighted by molar-refractivity contribution is 6.32. The van der Waals surface area contributed by atoms with E-state index in [1.54, 1.807) is 4.58 Å². The van der Waals surface area contributed by atoms with E-state index in [1.165, 1.54) is 0 Å². The number of nitrogens with zero attached hydrogens (tertiary/aromatic N) is 2. The summed E-state index contributed by atoms with van der Waals surface area (Å²) in [5.74, 6) is -0.409. The first-order valence-corrected chi connectivity index (χ1v) is 4.12. The Hall–Kier alpha value is -1.06. The average molecular weight is 171 g/mol. The summed E-state index contributed by atoms with van der Waals surface area (Å²) >= 11 is 0. The Labute approximate surface area is 72.1 Å². The molecule has 0 saturated carbocycles. The van der Waals surface area contributed by atoms with E-state index in [2.05, 4.69) is 0 Å². The lowest BCUT2D eigenvalue weighted by Gasteiger charge is -2.13. The van der Waals surface area contributed by atoms with Gasteiger partial charge in [-0.25, -0.2) is 9.69 Å². The van der Waals surface area contributed by atoms with Crippen molar-refractivity contribution in [3.8, 4) is 0 Å². The lowest BCUT2D eigenvalue weighted by molar-refractivity contribution is -0.486. The molecule has 0 spiro atoms. The third kappa shape index (κ3) is 1.42. The normalized spacial score (nSPS) is 17.8. The standard InChI is InChI=1S/C8H14N2O2/c1-6(2)10-5-4-9(3)7(10)8(11)12/h6H,4-5H2,1-3H3/p+1. The van der Waals surface area contributed by atoms with Crippen molar-refractivity contribution >= 4 is 11.8 Å². The van der Waals surface area contributed by atoms with Gasteiger partial charge in [-0.1, -0.05) is 0 Å². The summed E-state index contributed by atoms with van der Waals surface area (Å²) in [5.41, 5.74) is 0. The van der Waals surface area contributed by atoms with Gasteiger partial charge in [-0.2, -0.15) is 0 Å². The smallest absolute Gasteiger partial charge is 0.418 e. The number of aliphatic carboxylic acids is 1. The fraction of sp³-hybridized carbons (Fsp3) is 0.750. The summed E-state index contributed by atoms with van der Waals surface area (Å²) < 4.78 is 1.78. The van der Waals surface area contributed by atoms with E-state index in [9.17, 15) is 4.79 Å². The van der Waals surface area contributed by atoms with Crippen molar-refractivity contribution in [2.75, 3.05) is 20.1 Å². The zero-order valence-corrected chi connectivity index (χ0v) is 7.74. The summed E-state index contributed by atoms with van der Waals surface area (Å²) in [7, 11) is 1.81. The van der Waals surface area contributed by atoms with Crippen LogP contribution in [0.2, 0.25) is 0 Å². The van der Waals surface area contributed by atoms with Crippen molar-refractivity contribution in [1.82, 2.24) is 4.90 Å². The van der Waals surface area contributed by atoms with E-state index in [1.807, 2.05) is 25.8 Å². The fourth-order valence-corrected chi connectivity index (χ4v) is 1.48. The second-order valence-corrected chi connectivity index (χ2v) is 3.34. The number of rotatable bonds is 2. The maximum absolute atomic E-state index is 10.8. The third-order valence-corrected chi connectivity index (χ3v) is 2.12. The predicted molar refractivity (Wildman–Crippen MR) is 45.5 cm³/mol. The molecule has 4 nitrogen and oxygen atoms in total. The molecule has 4 heteroatoms. The van der Waals surface area contributed by atoms with Crippen LogP contribution in [0.15, 0.2) is 0 Å².